The molecule has 6 heteroatoms. The Morgan fingerprint density at radius 1 is 1.33 bits per heavy atom. The van der Waals surface area contributed by atoms with Crippen molar-refractivity contribution in [2.24, 2.45) is 0 Å². The van der Waals surface area contributed by atoms with Crippen LogP contribution in [-0.4, -0.2) is 53.0 Å². The largest absolute Gasteiger partial charge is 0.439 e. The van der Waals surface area contributed by atoms with Gasteiger partial charge < -0.3 is 14.6 Å². The molecule has 2 amide bonds. The summed E-state index contributed by atoms with van der Waals surface area (Å²) < 4.78 is 5.82. The van der Waals surface area contributed by atoms with Gasteiger partial charge in [-0.05, 0) is 38.0 Å². The molecular formula is C18H26N4O2. The summed E-state index contributed by atoms with van der Waals surface area (Å²) in [4.78, 5) is 20.9. The number of urea groups is 1. The first kappa shape index (κ1) is 16.8. The van der Waals surface area contributed by atoms with Crippen LogP contribution in [0.2, 0.25) is 0 Å². The minimum absolute atomic E-state index is 0.0429. The lowest BCUT2D eigenvalue weighted by Gasteiger charge is -2.34. The van der Waals surface area contributed by atoms with Crippen molar-refractivity contribution < 1.29 is 9.21 Å². The number of hydrogen-bond acceptors (Lipinski definition) is 4. The number of aryl methyl sites for hydroxylation is 1. The third-order valence-electron chi connectivity index (χ3n) is 4.59. The molecule has 130 valence electrons. The van der Waals surface area contributed by atoms with Crippen LogP contribution in [0, 0.1) is 6.92 Å². The Labute approximate surface area is 142 Å². The second-order valence-corrected chi connectivity index (χ2v) is 6.60. The predicted molar refractivity (Wildman–Crippen MR) is 93.9 cm³/mol. The van der Waals surface area contributed by atoms with Crippen molar-refractivity contribution in [1.82, 2.24) is 20.1 Å². The number of hydrogen-bond donors (Lipinski definition) is 1. The van der Waals surface area contributed by atoms with Crippen LogP contribution in [0.1, 0.15) is 31.7 Å². The van der Waals surface area contributed by atoms with E-state index in [0.29, 0.717) is 6.54 Å². The van der Waals surface area contributed by atoms with E-state index in [9.17, 15) is 4.79 Å². The van der Waals surface area contributed by atoms with Gasteiger partial charge in [0.1, 0.15) is 5.52 Å². The Morgan fingerprint density at radius 3 is 2.79 bits per heavy atom. The van der Waals surface area contributed by atoms with Gasteiger partial charge in [-0.3, -0.25) is 4.90 Å². The first-order valence-corrected chi connectivity index (χ1v) is 8.69. The second-order valence-electron chi connectivity index (χ2n) is 6.60. The monoisotopic (exact) mass is 330 g/mol. The molecule has 1 unspecified atom stereocenters. The molecular weight excluding hydrogens is 304 g/mol. The molecule has 1 aliphatic heterocycles. The van der Waals surface area contributed by atoms with E-state index >= 15 is 0 Å². The van der Waals surface area contributed by atoms with Gasteiger partial charge in [0.15, 0.2) is 5.58 Å². The Kier molecular flexibility index (Phi) is 5.04. The number of piperazine rings is 1. The minimum atomic E-state index is 0.0429. The summed E-state index contributed by atoms with van der Waals surface area (Å²) >= 11 is 0. The number of nitrogens with zero attached hydrogens (tertiary/aromatic N) is 3. The summed E-state index contributed by atoms with van der Waals surface area (Å²) in [6, 6.07) is 6.31. The minimum Gasteiger partial charge on any atom is -0.439 e. The van der Waals surface area contributed by atoms with Crippen molar-refractivity contribution in [2.45, 2.75) is 39.8 Å². The molecule has 2 heterocycles. The molecule has 0 saturated carbocycles. The number of fused-ring (bicyclic) bond motifs is 1. The molecule has 1 N–H and O–H groups in total. The molecule has 1 aromatic carbocycles. The maximum absolute atomic E-state index is 12.1. The van der Waals surface area contributed by atoms with Gasteiger partial charge in [-0.25, -0.2) is 9.78 Å². The number of oxazole rings is 1. The van der Waals surface area contributed by atoms with Crippen LogP contribution in [-0.2, 0) is 6.54 Å². The summed E-state index contributed by atoms with van der Waals surface area (Å²) in [6.45, 7) is 10.0. The SMILES string of the molecule is CCC(C)NC(=O)N1CCN(Cc2nc3cc(C)ccc3o2)CC1. The van der Waals surface area contributed by atoms with Crippen molar-refractivity contribution in [2.75, 3.05) is 26.2 Å². The van der Waals surface area contributed by atoms with Gasteiger partial charge in [-0.15, -0.1) is 0 Å². The Bertz CT molecular complexity index is 704. The predicted octanol–water partition coefficient (Wildman–Crippen LogP) is 2.76. The van der Waals surface area contributed by atoms with Crippen LogP contribution in [0.5, 0.6) is 0 Å². The van der Waals surface area contributed by atoms with Crippen LogP contribution in [0.15, 0.2) is 22.6 Å². The average Bonchev–Trinajstić information content (AvgIpc) is 2.96. The van der Waals surface area contributed by atoms with Crippen molar-refractivity contribution >= 4 is 17.1 Å². The quantitative estimate of drug-likeness (QED) is 0.936. The molecule has 24 heavy (non-hydrogen) atoms. The van der Waals surface area contributed by atoms with Gasteiger partial charge in [-0.2, -0.15) is 0 Å². The summed E-state index contributed by atoms with van der Waals surface area (Å²) in [5, 5.41) is 3.02. The third kappa shape index (κ3) is 3.87. The molecule has 1 fully saturated rings. The van der Waals surface area contributed by atoms with E-state index in [1.165, 1.54) is 5.56 Å². The first-order valence-electron chi connectivity index (χ1n) is 8.69. The van der Waals surface area contributed by atoms with E-state index in [-0.39, 0.29) is 12.1 Å². The van der Waals surface area contributed by atoms with Crippen LogP contribution in [0.4, 0.5) is 4.79 Å². The normalized spacial score (nSPS) is 17.2. The summed E-state index contributed by atoms with van der Waals surface area (Å²) in [6.07, 6.45) is 0.947. The maximum atomic E-state index is 12.1. The highest BCUT2D eigenvalue weighted by molar-refractivity contribution is 5.74. The van der Waals surface area contributed by atoms with Crippen LogP contribution in [0.25, 0.3) is 11.1 Å². The Morgan fingerprint density at radius 2 is 2.08 bits per heavy atom. The zero-order valence-corrected chi connectivity index (χ0v) is 14.7. The number of carbonyl (C=O) groups excluding carboxylic acids is 1. The van der Waals surface area contributed by atoms with Gasteiger partial charge in [-0.1, -0.05) is 13.0 Å². The smallest absolute Gasteiger partial charge is 0.317 e. The maximum Gasteiger partial charge on any atom is 0.317 e. The Hall–Kier alpha value is -2.08. The van der Waals surface area contributed by atoms with Crippen LogP contribution >= 0.6 is 0 Å². The molecule has 0 bridgehead atoms. The molecule has 0 aliphatic carbocycles. The zero-order chi connectivity index (χ0) is 17.1. The summed E-state index contributed by atoms with van der Waals surface area (Å²) in [7, 11) is 0. The van der Waals surface area contributed by atoms with Crippen molar-refractivity contribution in [3.05, 3.63) is 29.7 Å². The number of carbonyl (C=O) groups is 1. The first-order chi connectivity index (χ1) is 11.5. The van der Waals surface area contributed by atoms with E-state index in [4.69, 9.17) is 4.42 Å². The zero-order valence-electron chi connectivity index (χ0n) is 14.7. The highest BCUT2D eigenvalue weighted by atomic mass is 16.3. The van der Waals surface area contributed by atoms with E-state index in [1.807, 2.05) is 30.0 Å². The molecule has 0 radical (unpaired) electrons. The highest BCUT2D eigenvalue weighted by Crippen LogP contribution is 2.18. The van der Waals surface area contributed by atoms with Crippen LogP contribution < -0.4 is 5.32 Å². The van der Waals surface area contributed by atoms with Crippen LogP contribution in [0.3, 0.4) is 0 Å². The van der Waals surface area contributed by atoms with E-state index in [1.54, 1.807) is 0 Å². The van der Waals surface area contributed by atoms with Gasteiger partial charge in [0.05, 0.1) is 6.54 Å². The lowest BCUT2D eigenvalue weighted by molar-refractivity contribution is 0.128. The van der Waals surface area contributed by atoms with Gasteiger partial charge >= 0.3 is 6.03 Å². The molecule has 1 saturated heterocycles. The summed E-state index contributed by atoms with van der Waals surface area (Å²) in [5.41, 5.74) is 2.93. The third-order valence-corrected chi connectivity index (χ3v) is 4.59. The van der Waals surface area contributed by atoms with Gasteiger partial charge in [0, 0.05) is 32.2 Å². The average molecular weight is 330 g/mol. The van der Waals surface area contributed by atoms with Gasteiger partial charge in [0.2, 0.25) is 5.89 Å². The van der Waals surface area contributed by atoms with Crippen molar-refractivity contribution in [3.8, 4) is 0 Å². The molecule has 3 rings (SSSR count). The second kappa shape index (κ2) is 7.21. The number of aromatic nitrogens is 1. The lowest BCUT2D eigenvalue weighted by atomic mass is 10.2. The van der Waals surface area contributed by atoms with E-state index in [0.717, 1.165) is 49.6 Å². The number of benzene rings is 1. The number of nitrogens with one attached hydrogen (secondary N) is 1. The fourth-order valence-electron chi connectivity index (χ4n) is 2.86. The number of rotatable bonds is 4. The van der Waals surface area contributed by atoms with E-state index in [2.05, 4.69) is 29.0 Å². The standard InChI is InChI=1S/C18H26N4O2/c1-4-14(3)19-18(23)22-9-7-21(8-10-22)12-17-20-15-11-13(2)5-6-16(15)24-17/h5-6,11,14H,4,7-10,12H2,1-3H3,(H,19,23). The molecule has 2 aromatic rings. The molecule has 6 nitrogen and oxygen atoms in total. The highest BCUT2D eigenvalue weighted by Gasteiger charge is 2.22. The van der Waals surface area contributed by atoms with Gasteiger partial charge in [0.25, 0.3) is 0 Å². The lowest BCUT2D eigenvalue weighted by Crippen LogP contribution is -2.52. The number of amides is 2. The summed E-state index contributed by atoms with van der Waals surface area (Å²) in [5.74, 6) is 0.744. The Balaban J connectivity index is 1.54. The molecule has 1 aromatic heterocycles. The van der Waals surface area contributed by atoms with E-state index < -0.39 is 0 Å². The molecule has 0 spiro atoms. The molecule has 1 atom stereocenters. The molecule has 1 aliphatic rings. The van der Waals surface area contributed by atoms with Crippen molar-refractivity contribution in [3.63, 3.8) is 0 Å². The fraction of sp³-hybridized carbons (Fsp3) is 0.556. The van der Waals surface area contributed by atoms with Crippen molar-refractivity contribution in [1.29, 1.82) is 0 Å². The fourth-order valence-corrected chi connectivity index (χ4v) is 2.86. The topological polar surface area (TPSA) is 61.6 Å².